The molecule has 0 radical (unpaired) electrons. The Morgan fingerprint density at radius 3 is 2.44 bits per heavy atom. The van der Waals surface area contributed by atoms with Gasteiger partial charge in [0, 0.05) is 25.7 Å². The predicted molar refractivity (Wildman–Crippen MR) is 107 cm³/mol. The number of hydrogen-bond acceptors (Lipinski definition) is 6. The van der Waals surface area contributed by atoms with Crippen LogP contribution in [0, 0.1) is 5.92 Å². The molecule has 1 amide bonds. The second-order valence-corrected chi connectivity index (χ2v) is 8.39. The number of rotatable bonds is 15. The average Bonchev–Trinajstić information content (AvgIpc) is 2.57. The first-order valence-corrected chi connectivity index (χ1v) is 10.8. The molecule has 0 spiro atoms. The van der Waals surface area contributed by atoms with E-state index in [0.29, 0.717) is 31.6 Å². The Kier molecular flexibility index (Phi) is 14.1. The fourth-order valence-electron chi connectivity index (χ4n) is 1.85. The van der Waals surface area contributed by atoms with Gasteiger partial charge in [-0.2, -0.15) is 0 Å². The molecule has 0 saturated carbocycles. The van der Waals surface area contributed by atoms with Crippen LogP contribution in [-0.4, -0.2) is 56.0 Å². The third-order valence-corrected chi connectivity index (χ3v) is 5.13. The Bertz CT molecular complexity index is 361. The van der Waals surface area contributed by atoms with Gasteiger partial charge in [-0.25, -0.2) is 4.39 Å². The number of amides is 1. The van der Waals surface area contributed by atoms with E-state index in [-0.39, 0.29) is 18.4 Å². The van der Waals surface area contributed by atoms with Crippen LogP contribution in [0.2, 0.25) is 0 Å². The molecule has 0 heterocycles. The molecule has 0 aromatic rings. The molecule has 0 fully saturated rings. The lowest BCUT2D eigenvalue weighted by molar-refractivity contribution is -0.125. The van der Waals surface area contributed by atoms with E-state index in [9.17, 15) is 9.18 Å². The first kappa shape index (κ1) is 25.0. The summed E-state index contributed by atoms with van der Waals surface area (Å²) < 4.78 is 25.4. The number of nitrogens with one attached hydrogen (secondary N) is 2. The minimum Gasteiger partial charge on any atom is -0.381 e. The summed E-state index contributed by atoms with van der Waals surface area (Å²) >= 11 is 4.13. The lowest BCUT2D eigenvalue weighted by Gasteiger charge is -2.29. The third-order valence-electron chi connectivity index (χ3n) is 3.70. The number of hydrogen-bond donors (Lipinski definition) is 3. The maximum absolute atomic E-state index is 14.2. The van der Waals surface area contributed by atoms with E-state index in [0.717, 1.165) is 13.0 Å². The topological polar surface area (TPSA) is 59.6 Å². The molecule has 0 aliphatic heterocycles. The van der Waals surface area contributed by atoms with E-state index in [4.69, 9.17) is 9.47 Å². The molecule has 2 unspecified atom stereocenters. The molecule has 2 atom stereocenters. The molecule has 150 valence electrons. The zero-order chi connectivity index (χ0) is 19.3. The molecule has 0 aliphatic carbocycles. The normalized spacial score (nSPS) is 14.6. The largest absolute Gasteiger partial charge is 0.381 e. The highest BCUT2D eigenvalue weighted by atomic mass is 33.1. The van der Waals surface area contributed by atoms with Gasteiger partial charge in [-0.15, -0.1) is 11.7 Å². The number of carbonyl (C=O) groups is 1. The minimum atomic E-state index is -1.26. The van der Waals surface area contributed by atoms with Crippen LogP contribution in [0.5, 0.6) is 0 Å². The monoisotopic (exact) mass is 398 g/mol. The molecule has 2 N–H and O–H groups in total. The fraction of sp³-hybridized carbons (Fsp3) is 0.941. The maximum Gasteiger partial charge on any atom is 0.222 e. The highest BCUT2D eigenvalue weighted by molar-refractivity contribution is 8.68. The molecule has 0 bridgehead atoms. The molecule has 25 heavy (non-hydrogen) atoms. The van der Waals surface area contributed by atoms with Crippen molar-refractivity contribution in [2.75, 3.05) is 32.9 Å². The van der Waals surface area contributed by atoms with Crippen molar-refractivity contribution in [3.63, 3.8) is 0 Å². The molecule has 0 aliphatic rings. The summed E-state index contributed by atoms with van der Waals surface area (Å²) in [4.78, 5) is 11.5. The quantitative estimate of drug-likeness (QED) is 0.171. The summed E-state index contributed by atoms with van der Waals surface area (Å²) in [5, 5.41) is 6.23. The standard InChI is InChI=1S/C17H35FN2O3S2/c1-13(2)16(21)20-12-15(18)17(4,5)23-11-7-10-22-9-6-8-19-14(3)25-24/h13-15,19,24H,6-12H2,1-5H3,(H,20,21). The van der Waals surface area contributed by atoms with Crippen LogP contribution >= 0.6 is 22.5 Å². The smallest absolute Gasteiger partial charge is 0.222 e. The van der Waals surface area contributed by atoms with Gasteiger partial charge in [0.1, 0.15) is 6.17 Å². The van der Waals surface area contributed by atoms with Crippen molar-refractivity contribution < 1.29 is 18.7 Å². The van der Waals surface area contributed by atoms with Gasteiger partial charge >= 0.3 is 0 Å². The van der Waals surface area contributed by atoms with Crippen LogP contribution < -0.4 is 10.6 Å². The van der Waals surface area contributed by atoms with E-state index in [1.165, 1.54) is 10.8 Å². The van der Waals surface area contributed by atoms with Crippen molar-refractivity contribution in [3.05, 3.63) is 0 Å². The Labute approximate surface area is 161 Å². The van der Waals surface area contributed by atoms with E-state index in [1.54, 1.807) is 27.7 Å². The predicted octanol–water partition coefficient (Wildman–Crippen LogP) is 3.20. The number of carbonyl (C=O) groups excluding carboxylic acids is 1. The van der Waals surface area contributed by atoms with Crippen molar-refractivity contribution in [3.8, 4) is 0 Å². The zero-order valence-corrected chi connectivity index (χ0v) is 17.9. The summed E-state index contributed by atoms with van der Waals surface area (Å²) in [6.45, 7) is 11.6. The third kappa shape index (κ3) is 12.9. The van der Waals surface area contributed by atoms with Gasteiger partial charge in [-0.3, -0.25) is 4.79 Å². The highest BCUT2D eigenvalue weighted by Crippen LogP contribution is 2.18. The van der Waals surface area contributed by atoms with Crippen LogP contribution in [0.4, 0.5) is 4.39 Å². The minimum absolute atomic E-state index is 0.0312. The fourth-order valence-corrected chi connectivity index (χ4v) is 2.26. The van der Waals surface area contributed by atoms with Crippen LogP contribution in [0.1, 0.15) is 47.5 Å². The van der Waals surface area contributed by atoms with Gasteiger partial charge in [0.15, 0.2) is 0 Å². The van der Waals surface area contributed by atoms with Gasteiger partial charge in [-0.1, -0.05) is 24.6 Å². The summed E-state index contributed by atoms with van der Waals surface area (Å²) in [7, 11) is 1.48. The summed E-state index contributed by atoms with van der Waals surface area (Å²) in [6, 6.07) is 0. The SMILES string of the molecule is CC(NCCCOCCCOC(C)(C)C(F)CNC(=O)C(C)C)SS. The Balaban J connectivity index is 3.69. The summed E-state index contributed by atoms with van der Waals surface area (Å²) in [5.41, 5.74) is -0.936. The number of thiol groups is 1. The molecule has 8 heteroatoms. The molecule has 0 aromatic carbocycles. The van der Waals surface area contributed by atoms with E-state index in [2.05, 4.69) is 29.2 Å². The van der Waals surface area contributed by atoms with Crippen molar-refractivity contribution >= 4 is 28.4 Å². The van der Waals surface area contributed by atoms with Gasteiger partial charge in [0.25, 0.3) is 0 Å². The van der Waals surface area contributed by atoms with Crippen molar-refractivity contribution in [2.24, 2.45) is 5.92 Å². The number of halogens is 1. The van der Waals surface area contributed by atoms with Crippen LogP contribution in [0.3, 0.4) is 0 Å². The van der Waals surface area contributed by atoms with Crippen LogP contribution in [0.15, 0.2) is 0 Å². The first-order valence-electron chi connectivity index (χ1n) is 8.87. The molecule has 0 saturated heterocycles. The maximum atomic E-state index is 14.2. The van der Waals surface area contributed by atoms with E-state index in [1.807, 2.05) is 0 Å². The van der Waals surface area contributed by atoms with Gasteiger partial charge < -0.3 is 20.1 Å². The van der Waals surface area contributed by atoms with Gasteiger partial charge in [0.2, 0.25) is 5.91 Å². The Hall–Kier alpha value is -0.0200. The van der Waals surface area contributed by atoms with E-state index < -0.39 is 11.8 Å². The lowest BCUT2D eigenvalue weighted by Crippen LogP contribution is -2.45. The number of ether oxygens (including phenoxy) is 2. The molecule has 0 rings (SSSR count). The van der Waals surface area contributed by atoms with Gasteiger partial charge in [-0.05, 0) is 40.2 Å². The van der Waals surface area contributed by atoms with Crippen molar-refractivity contribution in [1.82, 2.24) is 10.6 Å². The van der Waals surface area contributed by atoms with Crippen LogP contribution in [-0.2, 0) is 14.3 Å². The Morgan fingerprint density at radius 1 is 1.20 bits per heavy atom. The van der Waals surface area contributed by atoms with E-state index >= 15 is 0 Å². The molecule has 0 aromatic heterocycles. The summed E-state index contributed by atoms with van der Waals surface area (Å²) in [5.74, 6) is -0.299. The van der Waals surface area contributed by atoms with Crippen molar-refractivity contribution in [1.29, 1.82) is 0 Å². The first-order chi connectivity index (χ1) is 11.7. The second-order valence-electron chi connectivity index (χ2n) is 6.84. The van der Waals surface area contributed by atoms with Crippen LogP contribution in [0.25, 0.3) is 0 Å². The zero-order valence-electron chi connectivity index (χ0n) is 16.1. The molecule has 5 nitrogen and oxygen atoms in total. The van der Waals surface area contributed by atoms with Gasteiger partial charge in [0.05, 0.1) is 17.5 Å². The highest BCUT2D eigenvalue weighted by Gasteiger charge is 2.30. The molecular weight excluding hydrogens is 363 g/mol. The second kappa shape index (κ2) is 14.1. The lowest BCUT2D eigenvalue weighted by atomic mass is 10.0. The van der Waals surface area contributed by atoms with Crippen molar-refractivity contribution in [2.45, 2.75) is 64.6 Å². The number of alkyl halides is 1. The average molecular weight is 399 g/mol. The Morgan fingerprint density at radius 2 is 1.84 bits per heavy atom. The molecular formula is C17H35FN2O3S2. The summed E-state index contributed by atoms with van der Waals surface area (Å²) in [6.07, 6.45) is 0.395.